The maximum Gasteiger partial charge on any atom is 0.374 e. The zero-order valence-corrected chi connectivity index (χ0v) is 6.52. The van der Waals surface area contributed by atoms with Crippen LogP contribution in [0.4, 0.5) is 8.78 Å². The molecule has 3 nitrogen and oxygen atoms in total. The van der Waals surface area contributed by atoms with Crippen molar-refractivity contribution < 1.29 is 18.7 Å². The Morgan fingerprint density at radius 3 is 2.67 bits per heavy atom. The van der Waals surface area contributed by atoms with Gasteiger partial charge < -0.3 is 10.4 Å². The SMILES string of the molecule is O=C(O)C(F)(F)[C@@H]1CCCNC1. The second-order valence-electron chi connectivity index (χ2n) is 2.97. The van der Waals surface area contributed by atoms with Crippen LogP contribution in [-0.4, -0.2) is 30.1 Å². The van der Waals surface area contributed by atoms with E-state index in [1.54, 1.807) is 0 Å². The van der Waals surface area contributed by atoms with Gasteiger partial charge >= 0.3 is 11.9 Å². The summed E-state index contributed by atoms with van der Waals surface area (Å²) in [5.41, 5.74) is 0. The van der Waals surface area contributed by atoms with E-state index in [1.165, 1.54) is 0 Å². The first-order valence-electron chi connectivity index (χ1n) is 3.87. The van der Waals surface area contributed by atoms with Crippen molar-refractivity contribution in [1.29, 1.82) is 0 Å². The molecule has 1 aliphatic rings. The predicted octanol–water partition coefficient (Wildman–Crippen LogP) is 0.706. The second kappa shape index (κ2) is 3.35. The van der Waals surface area contributed by atoms with Crippen molar-refractivity contribution in [2.24, 2.45) is 5.92 Å². The first kappa shape index (κ1) is 9.38. The van der Waals surface area contributed by atoms with E-state index >= 15 is 0 Å². The summed E-state index contributed by atoms with van der Waals surface area (Å²) >= 11 is 0. The summed E-state index contributed by atoms with van der Waals surface area (Å²) in [5, 5.41) is 11.0. The summed E-state index contributed by atoms with van der Waals surface area (Å²) in [6.45, 7) is 0.797. The van der Waals surface area contributed by atoms with Crippen LogP contribution in [0.5, 0.6) is 0 Å². The van der Waals surface area contributed by atoms with Gasteiger partial charge in [0, 0.05) is 12.5 Å². The van der Waals surface area contributed by atoms with E-state index < -0.39 is 17.8 Å². The van der Waals surface area contributed by atoms with Gasteiger partial charge in [-0.15, -0.1) is 0 Å². The van der Waals surface area contributed by atoms with Crippen molar-refractivity contribution in [3.63, 3.8) is 0 Å². The number of piperidine rings is 1. The number of alkyl halides is 2. The minimum atomic E-state index is -3.58. The lowest BCUT2D eigenvalue weighted by Gasteiger charge is -2.27. The van der Waals surface area contributed by atoms with E-state index in [1.807, 2.05) is 0 Å². The third-order valence-corrected chi connectivity index (χ3v) is 2.09. The van der Waals surface area contributed by atoms with E-state index in [9.17, 15) is 13.6 Å². The van der Waals surface area contributed by atoms with Crippen LogP contribution >= 0.6 is 0 Å². The van der Waals surface area contributed by atoms with Gasteiger partial charge in [-0.2, -0.15) is 8.78 Å². The Morgan fingerprint density at radius 2 is 2.25 bits per heavy atom. The van der Waals surface area contributed by atoms with Crippen LogP contribution in [0, 0.1) is 5.92 Å². The molecule has 1 aliphatic heterocycles. The van der Waals surface area contributed by atoms with Gasteiger partial charge in [0.05, 0.1) is 0 Å². The molecule has 0 amide bonds. The molecule has 1 heterocycles. The zero-order valence-electron chi connectivity index (χ0n) is 6.52. The summed E-state index contributed by atoms with van der Waals surface area (Å²) in [6, 6.07) is 0. The Balaban J connectivity index is 2.59. The van der Waals surface area contributed by atoms with Gasteiger partial charge in [0.1, 0.15) is 0 Å². The monoisotopic (exact) mass is 179 g/mol. The molecule has 1 atom stereocenters. The summed E-state index contributed by atoms with van der Waals surface area (Å²) in [6.07, 6.45) is 0.903. The minimum absolute atomic E-state index is 0.0965. The molecule has 1 rings (SSSR count). The Labute approximate surface area is 68.8 Å². The molecule has 0 aromatic rings. The Kier molecular flexibility index (Phi) is 2.62. The van der Waals surface area contributed by atoms with Crippen molar-refractivity contribution in [2.45, 2.75) is 18.8 Å². The molecule has 2 N–H and O–H groups in total. The van der Waals surface area contributed by atoms with Crippen molar-refractivity contribution in [3.05, 3.63) is 0 Å². The summed E-state index contributed by atoms with van der Waals surface area (Å²) in [7, 11) is 0. The van der Waals surface area contributed by atoms with Crippen LogP contribution in [0.2, 0.25) is 0 Å². The smallest absolute Gasteiger partial charge is 0.374 e. The number of carboxylic acid groups (broad SMARTS) is 1. The molecule has 0 radical (unpaired) electrons. The van der Waals surface area contributed by atoms with E-state index in [2.05, 4.69) is 5.32 Å². The lowest BCUT2D eigenvalue weighted by atomic mass is 9.93. The van der Waals surface area contributed by atoms with Crippen LogP contribution in [0.25, 0.3) is 0 Å². The summed E-state index contributed by atoms with van der Waals surface area (Å²) < 4.78 is 25.6. The van der Waals surface area contributed by atoms with Crippen LogP contribution < -0.4 is 5.32 Å². The molecule has 0 aromatic heterocycles. The Morgan fingerprint density at radius 1 is 1.58 bits per heavy atom. The average molecular weight is 179 g/mol. The number of nitrogens with one attached hydrogen (secondary N) is 1. The predicted molar refractivity (Wildman–Crippen MR) is 38.2 cm³/mol. The topological polar surface area (TPSA) is 49.3 Å². The highest BCUT2D eigenvalue weighted by Gasteiger charge is 2.47. The first-order valence-corrected chi connectivity index (χ1v) is 3.87. The largest absolute Gasteiger partial charge is 0.477 e. The maximum atomic E-state index is 12.8. The molecule has 0 aliphatic carbocycles. The van der Waals surface area contributed by atoms with Gasteiger partial charge in [-0.1, -0.05) is 0 Å². The first-order chi connectivity index (χ1) is 5.55. The second-order valence-corrected chi connectivity index (χ2v) is 2.97. The molecule has 1 saturated heterocycles. The maximum absolute atomic E-state index is 12.8. The number of hydrogen-bond acceptors (Lipinski definition) is 2. The molecular formula is C7H11F2NO2. The molecule has 1 fully saturated rings. The quantitative estimate of drug-likeness (QED) is 0.656. The lowest BCUT2D eigenvalue weighted by molar-refractivity contribution is -0.174. The van der Waals surface area contributed by atoms with Gasteiger partial charge in [-0.05, 0) is 19.4 Å². The van der Waals surface area contributed by atoms with Crippen LogP contribution in [0.15, 0.2) is 0 Å². The molecular weight excluding hydrogens is 168 g/mol. The molecule has 0 saturated carbocycles. The number of halogens is 2. The van der Waals surface area contributed by atoms with Crippen LogP contribution in [0.1, 0.15) is 12.8 Å². The Hall–Kier alpha value is -0.710. The molecule has 0 aromatic carbocycles. The number of rotatable bonds is 2. The number of aliphatic carboxylic acids is 1. The molecule has 0 bridgehead atoms. The zero-order chi connectivity index (χ0) is 9.19. The van der Waals surface area contributed by atoms with Gasteiger partial charge in [0.15, 0.2) is 0 Å². The normalized spacial score (nSPS) is 25.3. The van der Waals surface area contributed by atoms with E-state index in [0.717, 1.165) is 0 Å². The fourth-order valence-electron chi connectivity index (χ4n) is 1.34. The van der Waals surface area contributed by atoms with Crippen LogP contribution in [-0.2, 0) is 4.79 Å². The van der Waals surface area contributed by atoms with Crippen LogP contribution in [0.3, 0.4) is 0 Å². The highest BCUT2D eigenvalue weighted by atomic mass is 19.3. The van der Waals surface area contributed by atoms with E-state index in [4.69, 9.17) is 5.11 Å². The highest BCUT2D eigenvalue weighted by molar-refractivity contribution is 5.75. The van der Waals surface area contributed by atoms with E-state index in [-0.39, 0.29) is 13.0 Å². The lowest BCUT2D eigenvalue weighted by Crippen LogP contribution is -2.45. The number of hydrogen-bond donors (Lipinski definition) is 2. The Bertz CT molecular complexity index is 178. The molecule has 70 valence electrons. The summed E-state index contributed by atoms with van der Waals surface area (Å²) in [5.74, 6) is -6.65. The summed E-state index contributed by atoms with van der Waals surface area (Å²) in [4.78, 5) is 10.1. The van der Waals surface area contributed by atoms with E-state index in [0.29, 0.717) is 13.0 Å². The molecule has 0 unspecified atom stereocenters. The van der Waals surface area contributed by atoms with Crippen molar-refractivity contribution >= 4 is 5.97 Å². The van der Waals surface area contributed by atoms with Crippen molar-refractivity contribution in [2.75, 3.05) is 13.1 Å². The minimum Gasteiger partial charge on any atom is -0.477 e. The van der Waals surface area contributed by atoms with Gasteiger partial charge in [0.2, 0.25) is 0 Å². The molecule has 5 heteroatoms. The fourth-order valence-corrected chi connectivity index (χ4v) is 1.34. The van der Waals surface area contributed by atoms with Crippen molar-refractivity contribution in [1.82, 2.24) is 5.32 Å². The fraction of sp³-hybridized carbons (Fsp3) is 0.857. The average Bonchev–Trinajstić information content (AvgIpc) is 2.06. The number of carboxylic acids is 1. The standard InChI is InChI=1S/C7H11F2NO2/c8-7(9,6(11)12)5-2-1-3-10-4-5/h5,10H,1-4H2,(H,11,12)/t5-/m1/s1. The third kappa shape index (κ3) is 1.72. The van der Waals surface area contributed by atoms with Gasteiger partial charge in [-0.3, -0.25) is 0 Å². The number of carbonyl (C=O) groups is 1. The molecule has 12 heavy (non-hydrogen) atoms. The third-order valence-electron chi connectivity index (χ3n) is 2.09. The van der Waals surface area contributed by atoms with Gasteiger partial charge in [-0.25, -0.2) is 4.79 Å². The highest BCUT2D eigenvalue weighted by Crippen LogP contribution is 2.29. The van der Waals surface area contributed by atoms with Gasteiger partial charge in [0.25, 0.3) is 0 Å². The molecule has 0 spiro atoms. The van der Waals surface area contributed by atoms with Crippen molar-refractivity contribution in [3.8, 4) is 0 Å².